The minimum Gasteiger partial charge on any atom is -0.482 e. The number of ether oxygens (including phenoxy) is 2. The van der Waals surface area contributed by atoms with Crippen molar-refractivity contribution < 1.29 is 19.4 Å². The van der Waals surface area contributed by atoms with E-state index in [1.54, 1.807) is 7.11 Å². The third kappa shape index (κ3) is 5.47. The van der Waals surface area contributed by atoms with Gasteiger partial charge in [0.15, 0.2) is 6.61 Å². The van der Waals surface area contributed by atoms with Crippen LogP contribution in [0.1, 0.15) is 16.7 Å². The van der Waals surface area contributed by atoms with Gasteiger partial charge in [0, 0.05) is 30.4 Å². The normalized spacial score (nSPS) is 10.6. The smallest absolute Gasteiger partial charge is 0.341 e. The molecule has 0 saturated carbocycles. The fourth-order valence-corrected chi connectivity index (χ4v) is 3.11. The molecule has 0 aliphatic rings. The Bertz CT molecular complexity index is 763. The van der Waals surface area contributed by atoms with Crippen molar-refractivity contribution in [2.24, 2.45) is 0 Å². The molecule has 1 N–H and O–H groups in total. The second kappa shape index (κ2) is 9.59. The van der Waals surface area contributed by atoms with Crippen molar-refractivity contribution in [1.82, 2.24) is 0 Å². The number of carboxylic acid groups (broad SMARTS) is 1. The lowest BCUT2D eigenvalue weighted by molar-refractivity contribution is -0.139. The maximum Gasteiger partial charge on any atom is 0.341 e. The number of carboxylic acids is 1. The Hall–Kier alpha value is -2.05. The molecule has 6 heteroatoms. The Balaban J connectivity index is 2.21. The third-order valence-corrected chi connectivity index (χ3v) is 4.97. The molecule has 2 aromatic carbocycles. The summed E-state index contributed by atoms with van der Waals surface area (Å²) in [6, 6.07) is 12.0. The molecule has 2 rings (SSSR count). The van der Waals surface area contributed by atoms with Crippen LogP contribution in [0.5, 0.6) is 5.75 Å². The van der Waals surface area contributed by atoms with Crippen LogP contribution in [0.4, 0.5) is 5.69 Å². The monoisotopic (exact) mass is 421 g/mol. The molecule has 5 nitrogen and oxygen atoms in total. The van der Waals surface area contributed by atoms with Crippen LogP contribution in [0.2, 0.25) is 0 Å². The minimum atomic E-state index is -0.982. The standard InChI is InChI=1S/C20H24BrNO4/c1-14-11-16(7-8-19(14)26-13-20(23)24)12-22(9-10-25-3)18-6-4-5-17(21)15(18)2/h4-8,11H,9-10,12-13H2,1-3H3,(H,23,24). The number of benzene rings is 2. The summed E-state index contributed by atoms with van der Waals surface area (Å²) in [6.45, 7) is 5.80. The molecule has 0 amide bonds. The molecule has 0 radical (unpaired) electrons. The highest BCUT2D eigenvalue weighted by atomic mass is 79.9. The Morgan fingerprint density at radius 1 is 1.23 bits per heavy atom. The third-order valence-electron chi connectivity index (χ3n) is 4.11. The lowest BCUT2D eigenvalue weighted by Crippen LogP contribution is -2.27. The molecule has 0 aromatic heterocycles. The van der Waals surface area contributed by atoms with Crippen molar-refractivity contribution in [3.63, 3.8) is 0 Å². The van der Waals surface area contributed by atoms with Crippen LogP contribution in [-0.2, 0) is 16.1 Å². The van der Waals surface area contributed by atoms with E-state index in [1.807, 2.05) is 37.3 Å². The topological polar surface area (TPSA) is 59.0 Å². The van der Waals surface area contributed by atoms with E-state index in [0.29, 0.717) is 12.4 Å². The van der Waals surface area contributed by atoms with Gasteiger partial charge in [0.1, 0.15) is 5.75 Å². The van der Waals surface area contributed by atoms with Crippen molar-refractivity contribution in [2.75, 3.05) is 31.8 Å². The van der Waals surface area contributed by atoms with E-state index >= 15 is 0 Å². The van der Waals surface area contributed by atoms with E-state index in [9.17, 15) is 4.79 Å². The first-order valence-electron chi connectivity index (χ1n) is 8.35. The zero-order chi connectivity index (χ0) is 19.1. The van der Waals surface area contributed by atoms with Crippen molar-refractivity contribution in [3.8, 4) is 5.75 Å². The number of aryl methyl sites for hydroxylation is 1. The summed E-state index contributed by atoms with van der Waals surface area (Å²) < 4.78 is 11.6. The molecule has 26 heavy (non-hydrogen) atoms. The molecule has 0 aliphatic carbocycles. The van der Waals surface area contributed by atoms with Gasteiger partial charge in [-0.15, -0.1) is 0 Å². The Morgan fingerprint density at radius 2 is 2.00 bits per heavy atom. The molecule has 0 unspecified atom stereocenters. The summed E-state index contributed by atoms with van der Waals surface area (Å²) in [5.41, 5.74) is 4.38. The number of aliphatic carboxylic acids is 1. The van der Waals surface area contributed by atoms with Crippen LogP contribution >= 0.6 is 15.9 Å². The zero-order valence-electron chi connectivity index (χ0n) is 15.3. The van der Waals surface area contributed by atoms with E-state index in [2.05, 4.69) is 33.8 Å². The Morgan fingerprint density at radius 3 is 2.65 bits per heavy atom. The Labute approximate surface area is 162 Å². The van der Waals surface area contributed by atoms with E-state index in [0.717, 1.165) is 34.4 Å². The van der Waals surface area contributed by atoms with Crippen molar-refractivity contribution >= 4 is 27.6 Å². The van der Waals surface area contributed by atoms with Crippen LogP contribution in [-0.4, -0.2) is 37.9 Å². The molecular weight excluding hydrogens is 398 g/mol. The first-order chi connectivity index (χ1) is 12.4. The number of nitrogens with zero attached hydrogens (tertiary/aromatic N) is 1. The first-order valence-corrected chi connectivity index (χ1v) is 9.14. The minimum absolute atomic E-state index is 0.336. The van der Waals surface area contributed by atoms with Gasteiger partial charge in [-0.3, -0.25) is 0 Å². The SMILES string of the molecule is COCCN(Cc1ccc(OCC(=O)O)c(C)c1)c1cccc(Br)c1C. The molecule has 0 heterocycles. The second-order valence-electron chi connectivity index (χ2n) is 6.08. The van der Waals surface area contributed by atoms with E-state index in [-0.39, 0.29) is 6.61 Å². The molecule has 0 spiro atoms. The van der Waals surface area contributed by atoms with Crippen molar-refractivity contribution in [1.29, 1.82) is 0 Å². The number of rotatable bonds is 9. The van der Waals surface area contributed by atoms with E-state index in [1.165, 1.54) is 5.56 Å². The fourth-order valence-electron chi connectivity index (χ4n) is 2.76. The largest absolute Gasteiger partial charge is 0.482 e. The number of hydrogen-bond donors (Lipinski definition) is 1. The maximum absolute atomic E-state index is 10.7. The van der Waals surface area contributed by atoms with Gasteiger partial charge in [-0.05, 0) is 48.7 Å². The fraction of sp³-hybridized carbons (Fsp3) is 0.350. The maximum atomic E-state index is 10.7. The predicted octanol–water partition coefficient (Wildman–Crippen LogP) is 4.18. The molecular formula is C20H24BrNO4. The quantitative estimate of drug-likeness (QED) is 0.657. The van der Waals surface area contributed by atoms with Gasteiger partial charge in [0.2, 0.25) is 0 Å². The average molecular weight is 422 g/mol. The molecule has 0 fully saturated rings. The summed E-state index contributed by atoms with van der Waals surface area (Å²) >= 11 is 3.60. The lowest BCUT2D eigenvalue weighted by Gasteiger charge is -2.27. The van der Waals surface area contributed by atoms with Gasteiger partial charge in [-0.1, -0.05) is 34.1 Å². The molecule has 140 valence electrons. The van der Waals surface area contributed by atoms with Gasteiger partial charge < -0.3 is 19.5 Å². The summed E-state index contributed by atoms with van der Waals surface area (Å²) in [4.78, 5) is 12.9. The van der Waals surface area contributed by atoms with Crippen LogP contribution in [0.25, 0.3) is 0 Å². The van der Waals surface area contributed by atoms with Crippen LogP contribution in [0.15, 0.2) is 40.9 Å². The highest BCUT2D eigenvalue weighted by molar-refractivity contribution is 9.10. The predicted molar refractivity (Wildman–Crippen MR) is 106 cm³/mol. The number of carbonyl (C=O) groups is 1. The molecule has 0 saturated heterocycles. The summed E-state index contributed by atoms with van der Waals surface area (Å²) in [5, 5.41) is 8.75. The van der Waals surface area contributed by atoms with Gasteiger partial charge in [0.25, 0.3) is 0 Å². The molecule has 0 bridgehead atoms. The van der Waals surface area contributed by atoms with Gasteiger partial charge in [0.05, 0.1) is 6.61 Å². The highest BCUT2D eigenvalue weighted by Crippen LogP contribution is 2.29. The summed E-state index contributed by atoms with van der Waals surface area (Å²) in [6.07, 6.45) is 0. The van der Waals surface area contributed by atoms with Crippen LogP contribution in [0.3, 0.4) is 0 Å². The van der Waals surface area contributed by atoms with Gasteiger partial charge >= 0.3 is 5.97 Å². The number of hydrogen-bond acceptors (Lipinski definition) is 4. The zero-order valence-corrected chi connectivity index (χ0v) is 16.9. The first kappa shape index (κ1) is 20.3. The number of halogens is 1. The summed E-state index contributed by atoms with van der Waals surface area (Å²) in [7, 11) is 1.70. The molecule has 0 atom stereocenters. The lowest BCUT2D eigenvalue weighted by atomic mass is 10.1. The van der Waals surface area contributed by atoms with Gasteiger partial charge in [-0.25, -0.2) is 4.79 Å². The van der Waals surface area contributed by atoms with Crippen LogP contribution < -0.4 is 9.64 Å². The van der Waals surface area contributed by atoms with E-state index < -0.39 is 5.97 Å². The van der Waals surface area contributed by atoms with Crippen molar-refractivity contribution in [3.05, 3.63) is 57.6 Å². The second-order valence-corrected chi connectivity index (χ2v) is 6.93. The van der Waals surface area contributed by atoms with E-state index in [4.69, 9.17) is 14.6 Å². The van der Waals surface area contributed by atoms with Gasteiger partial charge in [-0.2, -0.15) is 0 Å². The van der Waals surface area contributed by atoms with Crippen LogP contribution in [0, 0.1) is 13.8 Å². The number of anilines is 1. The summed E-state index contributed by atoms with van der Waals surface area (Å²) in [5.74, 6) is -0.387. The van der Waals surface area contributed by atoms with Crippen molar-refractivity contribution in [2.45, 2.75) is 20.4 Å². The Kier molecular flexibility index (Phi) is 7.48. The number of methoxy groups -OCH3 is 1. The molecule has 0 aliphatic heterocycles. The molecule has 2 aromatic rings. The average Bonchev–Trinajstić information content (AvgIpc) is 2.60. The highest BCUT2D eigenvalue weighted by Gasteiger charge is 2.13.